The van der Waals surface area contributed by atoms with Gasteiger partial charge in [-0.25, -0.2) is 8.42 Å². The number of primary amides is 1. The largest absolute Gasteiger partial charge is 0.495 e. The highest BCUT2D eigenvalue weighted by atomic mass is 32.2. The summed E-state index contributed by atoms with van der Waals surface area (Å²) < 4.78 is 31.8. The molecule has 0 spiro atoms. The minimum atomic E-state index is -3.97. The number of nitrogens with two attached hydrogens (primary N) is 2. The first-order chi connectivity index (χ1) is 9.81. The van der Waals surface area contributed by atoms with Crippen molar-refractivity contribution in [2.45, 2.75) is 17.9 Å². The van der Waals surface area contributed by atoms with E-state index in [1.807, 2.05) is 0 Å². The Kier molecular flexibility index (Phi) is 5.72. The zero-order valence-corrected chi connectivity index (χ0v) is 12.5. The van der Waals surface area contributed by atoms with E-state index >= 15 is 0 Å². The molecule has 7 nitrogen and oxygen atoms in total. The molecule has 1 aromatic carbocycles. The maximum Gasteiger partial charge on any atom is 0.245 e. The summed E-state index contributed by atoms with van der Waals surface area (Å²) in [6.45, 7) is 1.51. The standard InChI is InChI=1S/C13H17N3O4S/c1-9(13(15)17)16-21(18,19)12-8-10(4-3-7-14)5-6-11(12)20-2/h5-6,8-9,16H,7,14H2,1-2H3,(H2,15,17). The smallest absolute Gasteiger partial charge is 0.245 e. The van der Waals surface area contributed by atoms with E-state index in [9.17, 15) is 13.2 Å². The second-order valence-electron chi connectivity index (χ2n) is 4.12. The van der Waals surface area contributed by atoms with Crippen molar-refractivity contribution in [1.29, 1.82) is 0 Å². The van der Waals surface area contributed by atoms with Gasteiger partial charge in [0.2, 0.25) is 15.9 Å². The Hall–Kier alpha value is -2.08. The number of carbonyl (C=O) groups excluding carboxylic acids is 1. The van der Waals surface area contributed by atoms with Crippen LogP contribution in [-0.2, 0) is 14.8 Å². The van der Waals surface area contributed by atoms with Crippen molar-refractivity contribution in [1.82, 2.24) is 4.72 Å². The summed E-state index contributed by atoms with van der Waals surface area (Å²) >= 11 is 0. The first-order valence-electron chi connectivity index (χ1n) is 6.00. The lowest BCUT2D eigenvalue weighted by molar-refractivity contribution is -0.119. The van der Waals surface area contributed by atoms with Crippen LogP contribution in [0.15, 0.2) is 23.1 Å². The minimum absolute atomic E-state index is 0.123. The normalized spacial score (nSPS) is 12.1. The van der Waals surface area contributed by atoms with E-state index in [1.165, 1.54) is 26.2 Å². The van der Waals surface area contributed by atoms with Gasteiger partial charge in [-0.15, -0.1) is 0 Å². The maximum absolute atomic E-state index is 12.3. The summed E-state index contributed by atoms with van der Waals surface area (Å²) in [5.74, 6) is 4.71. The Morgan fingerprint density at radius 1 is 1.48 bits per heavy atom. The molecule has 0 bridgehead atoms. The molecular weight excluding hydrogens is 294 g/mol. The fraction of sp³-hybridized carbons (Fsp3) is 0.308. The van der Waals surface area contributed by atoms with E-state index in [4.69, 9.17) is 16.2 Å². The highest BCUT2D eigenvalue weighted by Gasteiger charge is 2.24. The zero-order chi connectivity index (χ0) is 16.0. The van der Waals surface area contributed by atoms with E-state index in [0.29, 0.717) is 5.56 Å². The number of rotatable bonds is 5. The highest BCUT2D eigenvalue weighted by molar-refractivity contribution is 7.89. The fourth-order valence-electron chi connectivity index (χ4n) is 1.47. The number of carbonyl (C=O) groups is 1. The van der Waals surface area contributed by atoms with Gasteiger partial charge >= 0.3 is 0 Å². The van der Waals surface area contributed by atoms with Gasteiger partial charge in [0.15, 0.2) is 0 Å². The molecule has 0 radical (unpaired) electrons. The monoisotopic (exact) mass is 311 g/mol. The van der Waals surface area contributed by atoms with Crippen LogP contribution >= 0.6 is 0 Å². The highest BCUT2D eigenvalue weighted by Crippen LogP contribution is 2.24. The molecule has 0 aliphatic carbocycles. The van der Waals surface area contributed by atoms with E-state index < -0.39 is 22.0 Å². The third-order valence-electron chi connectivity index (χ3n) is 2.55. The van der Waals surface area contributed by atoms with Crippen LogP contribution in [0.3, 0.4) is 0 Å². The van der Waals surface area contributed by atoms with E-state index in [-0.39, 0.29) is 17.2 Å². The number of nitrogens with one attached hydrogen (secondary N) is 1. The minimum Gasteiger partial charge on any atom is -0.495 e. The number of hydrogen-bond donors (Lipinski definition) is 3. The number of sulfonamides is 1. The number of methoxy groups -OCH3 is 1. The van der Waals surface area contributed by atoms with Gasteiger partial charge in [-0.1, -0.05) is 11.8 Å². The van der Waals surface area contributed by atoms with Crippen LogP contribution in [0.2, 0.25) is 0 Å². The second-order valence-corrected chi connectivity index (χ2v) is 5.80. The zero-order valence-electron chi connectivity index (χ0n) is 11.7. The fourth-order valence-corrected chi connectivity index (χ4v) is 2.88. The molecule has 21 heavy (non-hydrogen) atoms. The first kappa shape index (κ1) is 17.0. The Morgan fingerprint density at radius 3 is 2.67 bits per heavy atom. The molecule has 8 heteroatoms. The Balaban J connectivity index is 3.28. The van der Waals surface area contributed by atoms with Gasteiger partial charge in [-0.3, -0.25) is 4.79 Å². The molecule has 0 fully saturated rings. The lowest BCUT2D eigenvalue weighted by Crippen LogP contribution is -2.42. The molecule has 1 rings (SSSR count). The average Bonchev–Trinajstić information content (AvgIpc) is 2.44. The lowest BCUT2D eigenvalue weighted by atomic mass is 10.2. The molecule has 0 saturated carbocycles. The average molecular weight is 311 g/mol. The Morgan fingerprint density at radius 2 is 2.14 bits per heavy atom. The number of ether oxygens (including phenoxy) is 1. The molecule has 114 valence electrons. The molecular formula is C13H17N3O4S. The lowest BCUT2D eigenvalue weighted by Gasteiger charge is -2.13. The van der Waals surface area contributed by atoms with Gasteiger partial charge in [0, 0.05) is 5.56 Å². The molecule has 0 aliphatic heterocycles. The van der Waals surface area contributed by atoms with Crippen molar-refractivity contribution >= 4 is 15.9 Å². The SMILES string of the molecule is COc1ccc(C#CCN)cc1S(=O)(=O)NC(C)C(N)=O. The van der Waals surface area contributed by atoms with Crippen LogP contribution in [0.5, 0.6) is 5.75 Å². The molecule has 0 heterocycles. The molecule has 0 aliphatic rings. The van der Waals surface area contributed by atoms with Crippen LogP contribution in [0.25, 0.3) is 0 Å². The summed E-state index contributed by atoms with van der Waals surface area (Å²) in [6.07, 6.45) is 0. The summed E-state index contributed by atoms with van der Waals surface area (Å²) in [6, 6.07) is 3.39. The van der Waals surface area contributed by atoms with Gasteiger partial charge in [0.1, 0.15) is 10.6 Å². The van der Waals surface area contributed by atoms with Gasteiger partial charge in [-0.05, 0) is 25.1 Å². The predicted octanol–water partition coefficient (Wildman–Crippen LogP) is -0.842. The van der Waals surface area contributed by atoms with Crippen LogP contribution in [0.4, 0.5) is 0 Å². The summed E-state index contributed by atoms with van der Waals surface area (Å²) in [4.78, 5) is 10.9. The van der Waals surface area contributed by atoms with Crippen molar-refractivity contribution in [3.05, 3.63) is 23.8 Å². The second kappa shape index (κ2) is 7.08. The summed E-state index contributed by atoms with van der Waals surface area (Å²) in [5.41, 5.74) is 10.8. The number of benzene rings is 1. The van der Waals surface area contributed by atoms with Gasteiger partial charge in [0.25, 0.3) is 0 Å². The molecule has 0 aromatic heterocycles. The van der Waals surface area contributed by atoms with Crippen molar-refractivity contribution in [3.8, 4) is 17.6 Å². The quantitative estimate of drug-likeness (QED) is 0.611. The molecule has 0 saturated heterocycles. The molecule has 1 unspecified atom stereocenters. The molecule has 1 aromatic rings. The Bertz CT molecular complexity index is 689. The van der Waals surface area contributed by atoms with Gasteiger partial charge in [0.05, 0.1) is 19.7 Å². The molecule has 1 atom stereocenters. The maximum atomic E-state index is 12.3. The third-order valence-corrected chi connectivity index (χ3v) is 4.11. The van der Waals surface area contributed by atoms with E-state index in [0.717, 1.165) is 0 Å². The van der Waals surface area contributed by atoms with Crippen LogP contribution in [0, 0.1) is 11.8 Å². The van der Waals surface area contributed by atoms with Crippen LogP contribution < -0.4 is 20.9 Å². The van der Waals surface area contributed by atoms with Crippen molar-refractivity contribution < 1.29 is 17.9 Å². The predicted molar refractivity (Wildman–Crippen MR) is 77.9 cm³/mol. The Labute approximate surface area is 123 Å². The number of hydrogen-bond acceptors (Lipinski definition) is 5. The van der Waals surface area contributed by atoms with Gasteiger partial charge in [-0.2, -0.15) is 4.72 Å². The van der Waals surface area contributed by atoms with Crippen LogP contribution in [0.1, 0.15) is 12.5 Å². The third kappa shape index (κ3) is 4.46. The van der Waals surface area contributed by atoms with E-state index in [1.54, 1.807) is 6.07 Å². The van der Waals surface area contributed by atoms with Gasteiger partial charge < -0.3 is 16.2 Å². The summed E-state index contributed by atoms with van der Waals surface area (Å²) in [7, 11) is -2.63. The summed E-state index contributed by atoms with van der Waals surface area (Å²) in [5, 5.41) is 0. The molecule has 5 N–H and O–H groups in total. The number of amides is 1. The molecule has 1 amide bonds. The van der Waals surface area contributed by atoms with Crippen molar-refractivity contribution in [2.24, 2.45) is 11.5 Å². The van der Waals surface area contributed by atoms with E-state index in [2.05, 4.69) is 16.6 Å². The first-order valence-corrected chi connectivity index (χ1v) is 7.48. The van der Waals surface area contributed by atoms with Crippen LogP contribution in [-0.4, -0.2) is 34.0 Å². The van der Waals surface area contributed by atoms with Crippen molar-refractivity contribution in [2.75, 3.05) is 13.7 Å². The topological polar surface area (TPSA) is 125 Å². The van der Waals surface area contributed by atoms with Crippen molar-refractivity contribution in [3.63, 3.8) is 0 Å².